The predicted octanol–water partition coefficient (Wildman–Crippen LogP) is 2.52. The number of hydrogen-bond donors (Lipinski definition) is 1. The van der Waals surface area contributed by atoms with Gasteiger partial charge >= 0.3 is 6.18 Å². The highest BCUT2D eigenvalue weighted by Gasteiger charge is 2.30. The van der Waals surface area contributed by atoms with E-state index in [1.165, 1.54) is 12.1 Å². The van der Waals surface area contributed by atoms with Gasteiger partial charge in [-0.15, -0.1) is 0 Å². The molecule has 4 nitrogen and oxygen atoms in total. The van der Waals surface area contributed by atoms with Gasteiger partial charge in [0.1, 0.15) is 0 Å². The molecular formula is C12H12F3N3O. The van der Waals surface area contributed by atoms with E-state index < -0.39 is 11.7 Å². The molecule has 0 aliphatic carbocycles. The van der Waals surface area contributed by atoms with Crippen molar-refractivity contribution < 1.29 is 17.7 Å². The maximum atomic E-state index is 12.4. The second-order valence-electron chi connectivity index (χ2n) is 3.94. The molecule has 0 spiro atoms. The summed E-state index contributed by atoms with van der Waals surface area (Å²) in [5.41, 5.74) is -0.206. The largest absolute Gasteiger partial charge is 0.416 e. The maximum absolute atomic E-state index is 12.4. The number of aromatic nitrogens is 2. The zero-order valence-electron chi connectivity index (χ0n) is 10.2. The minimum absolute atomic E-state index is 0.292. The monoisotopic (exact) mass is 271 g/mol. The van der Waals surface area contributed by atoms with Crippen LogP contribution in [0.15, 0.2) is 28.8 Å². The summed E-state index contributed by atoms with van der Waals surface area (Å²) in [4.78, 5) is 4.11. The van der Waals surface area contributed by atoms with Crippen LogP contribution in [0.5, 0.6) is 0 Å². The number of nitrogens with zero attached hydrogens (tertiary/aromatic N) is 2. The van der Waals surface area contributed by atoms with Crippen LogP contribution < -0.4 is 5.32 Å². The number of alkyl halides is 3. The number of hydrogen-bond acceptors (Lipinski definition) is 4. The van der Waals surface area contributed by atoms with Crippen molar-refractivity contribution in [3.8, 4) is 11.4 Å². The van der Waals surface area contributed by atoms with Gasteiger partial charge < -0.3 is 9.84 Å². The van der Waals surface area contributed by atoms with Crippen LogP contribution in [0.2, 0.25) is 0 Å². The molecule has 2 aromatic rings. The van der Waals surface area contributed by atoms with E-state index in [-0.39, 0.29) is 0 Å². The fourth-order valence-electron chi connectivity index (χ4n) is 1.51. The van der Waals surface area contributed by atoms with Gasteiger partial charge in [0.2, 0.25) is 11.7 Å². The summed E-state index contributed by atoms with van der Waals surface area (Å²) in [7, 11) is 1.80. The molecule has 1 aromatic carbocycles. The van der Waals surface area contributed by atoms with Gasteiger partial charge in [-0.3, -0.25) is 0 Å². The lowest BCUT2D eigenvalue weighted by molar-refractivity contribution is -0.137. The normalized spacial score (nSPS) is 11.8. The summed E-state index contributed by atoms with van der Waals surface area (Å²) in [6.07, 6.45) is -3.77. The summed E-state index contributed by atoms with van der Waals surface area (Å²) in [6, 6.07) is 4.66. The van der Waals surface area contributed by atoms with Crippen molar-refractivity contribution in [2.45, 2.75) is 12.6 Å². The Morgan fingerprint density at radius 2 is 1.89 bits per heavy atom. The lowest BCUT2D eigenvalue weighted by Gasteiger charge is -2.05. The Hall–Kier alpha value is -1.89. The van der Waals surface area contributed by atoms with Crippen LogP contribution in [0.1, 0.15) is 11.5 Å². The van der Waals surface area contributed by atoms with Gasteiger partial charge in [0.05, 0.1) is 5.56 Å². The number of benzene rings is 1. The third kappa shape index (κ3) is 3.31. The average Bonchev–Trinajstić information content (AvgIpc) is 2.84. The van der Waals surface area contributed by atoms with Crippen LogP contribution in [-0.2, 0) is 12.6 Å². The molecule has 0 saturated carbocycles. The Morgan fingerprint density at radius 1 is 1.21 bits per heavy atom. The summed E-state index contributed by atoms with van der Waals surface area (Å²) < 4.78 is 42.2. The van der Waals surface area contributed by atoms with E-state index in [4.69, 9.17) is 4.52 Å². The lowest BCUT2D eigenvalue weighted by atomic mass is 10.1. The highest BCUT2D eigenvalue weighted by atomic mass is 19.4. The third-order valence-corrected chi connectivity index (χ3v) is 2.53. The first-order valence-corrected chi connectivity index (χ1v) is 5.65. The lowest BCUT2D eigenvalue weighted by Crippen LogP contribution is -2.10. The van der Waals surface area contributed by atoms with Crippen LogP contribution in [0.25, 0.3) is 11.4 Å². The Kier molecular flexibility index (Phi) is 3.84. The summed E-state index contributed by atoms with van der Waals surface area (Å²) >= 11 is 0. The summed E-state index contributed by atoms with van der Waals surface area (Å²) in [5, 5.41) is 6.67. The molecule has 1 N–H and O–H groups in total. The molecule has 19 heavy (non-hydrogen) atoms. The molecule has 0 unspecified atom stereocenters. The Balaban J connectivity index is 2.16. The van der Waals surface area contributed by atoms with Crippen molar-refractivity contribution in [1.29, 1.82) is 0 Å². The van der Waals surface area contributed by atoms with E-state index in [9.17, 15) is 13.2 Å². The molecule has 0 aliphatic heterocycles. The Bertz CT molecular complexity index is 534. The number of nitrogens with one attached hydrogen (secondary N) is 1. The molecule has 0 atom stereocenters. The van der Waals surface area contributed by atoms with Gasteiger partial charge in [-0.1, -0.05) is 17.3 Å². The maximum Gasteiger partial charge on any atom is 0.416 e. The SMILES string of the molecule is CNCCc1nc(-c2ccc(C(F)(F)F)cc2)no1. The second kappa shape index (κ2) is 5.40. The Labute approximate surface area is 107 Å². The molecule has 0 saturated heterocycles. The van der Waals surface area contributed by atoms with Gasteiger partial charge in [-0.05, 0) is 19.2 Å². The van der Waals surface area contributed by atoms with E-state index >= 15 is 0 Å². The van der Waals surface area contributed by atoms with E-state index in [2.05, 4.69) is 15.5 Å². The molecule has 0 fully saturated rings. The van der Waals surface area contributed by atoms with Crippen molar-refractivity contribution in [3.63, 3.8) is 0 Å². The minimum Gasteiger partial charge on any atom is -0.339 e. The fraction of sp³-hybridized carbons (Fsp3) is 0.333. The molecular weight excluding hydrogens is 259 g/mol. The van der Waals surface area contributed by atoms with E-state index in [1.54, 1.807) is 7.05 Å². The quantitative estimate of drug-likeness (QED) is 0.928. The van der Waals surface area contributed by atoms with Crippen LogP contribution in [-0.4, -0.2) is 23.7 Å². The first-order chi connectivity index (χ1) is 9.00. The number of halogens is 3. The topological polar surface area (TPSA) is 51.0 Å². The average molecular weight is 271 g/mol. The van der Waals surface area contributed by atoms with E-state index in [1.807, 2.05) is 0 Å². The van der Waals surface area contributed by atoms with Crippen LogP contribution >= 0.6 is 0 Å². The van der Waals surface area contributed by atoms with Crippen LogP contribution in [0.4, 0.5) is 13.2 Å². The van der Waals surface area contributed by atoms with Crippen molar-refractivity contribution >= 4 is 0 Å². The molecule has 0 radical (unpaired) electrons. The summed E-state index contributed by atoms with van der Waals surface area (Å²) in [5.74, 6) is 0.740. The molecule has 102 valence electrons. The molecule has 1 aromatic heterocycles. The highest BCUT2D eigenvalue weighted by Crippen LogP contribution is 2.30. The third-order valence-electron chi connectivity index (χ3n) is 2.53. The highest BCUT2D eigenvalue weighted by molar-refractivity contribution is 5.54. The molecule has 0 bridgehead atoms. The Morgan fingerprint density at radius 3 is 2.47 bits per heavy atom. The van der Waals surface area contributed by atoms with E-state index in [0.717, 1.165) is 12.1 Å². The molecule has 2 rings (SSSR count). The van der Waals surface area contributed by atoms with Crippen molar-refractivity contribution in [1.82, 2.24) is 15.5 Å². The zero-order valence-corrected chi connectivity index (χ0v) is 10.2. The molecule has 0 aliphatic rings. The number of likely N-dealkylation sites (N-methyl/N-ethyl adjacent to an activating group) is 1. The molecule has 0 amide bonds. The predicted molar refractivity (Wildman–Crippen MR) is 62.4 cm³/mol. The van der Waals surface area contributed by atoms with Gasteiger partial charge in [0, 0.05) is 18.5 Å². The van der Waals surface area contributed by atoms with Gasteiger partial charge in [0.25, 0.3) is 0 Å². The van der Waals surface area contributed by atoms with Gasteiger partial charge in [-0.2, -0.15) is 18.2 Å². The first-order valence-electron chi connectivity index (χ1n) is 5.65. The van der Waals surface area contributed by atoms with E-state index in [0.29, 0.717) is 30.2 Å². The molecule has 1 heterocycles. The zero-order chi connectivity index (χ0) is 13.9. The fourth-order valence-corrected chi connectivity index (χ4v) is 1.51. The van der Waals surface area contributed by atoms with Crippen LogP contribution in [0, 0.1) is 0 Å². The van der Waals surface area contributed by atoms with Crippen molar-refractivity contribution in [3.05, 3.63) is 35.7 Å². The van der Waals surface area contributed by atoms with Gasteiger partial charge in [0.15, 0.2) is 0 Å². The number of rotatable bonds is 4. The minimum atomic E-state index is -4.34. The summed E-state index contributed by atoms with van der Waals surface area (Å²) in [6.45, 7) is 0.689. The standard InChI is InChI=1S/C12H12F3N3O/c1-16-7-6-10-17-11(18-19-10)8-2-4-9(5-3-8)12(13,14)15/h2-5,16H,6-7H2,1H3. The van der Waals surface area contributed by atoms with Crippen molar-refractivity contribution in [2.75, 3.05) is 13.6 Å². The van der Waals surface area contributed by atoms with Gasteiger partial charge in [-0.25, -0.2) is 0 Å². The van der Waals surface area contributed by atoms with Crippen LogP contribution in [0.3, 0.4) is 0 Å². The second-order valence-corrected chi connectivity index (χ2v) is 3.94. The smallest absolute Gasteiger partial charge is 0.339 e. The van der Waals surface area contributed by atoms with Crippen molar-refractivity contribution in [2.24, 2.45) is 0 Å². The molecule has 7 heteroatoms. The first kappa shape index (κ1) is 13.5.